The molecule has 0 aromatic heterocycles. The summed E-state index contributed by atoms with van der Waals surface area (Å²) in [6.07, 6.45) is -0.108. The van der Waals surface area contributed by atoms with Crippen molar-refractivity contribution >= 4 is 5.69 Å². The molecule has 0 atom stereocenters. The Morgan fingerprint density at radius 2 is 2.15 bits per heavy atom. The second-order valence-electron chi connectivity index (χ2n) is 3.43. The summed E-state index contributed by atoms with van der Waals surface area (Å²) in [6.45, 7) is 2.17. The van der Waals surface area contributed by atoms with Crippen LogP contribution in [0.15, 0.2) is 18.2 Å². The molecule has 70 valence electrons. The van der Waals surface area contributed by atoms with Crippen LogP contribution in [0.4, 0.5) is 14.5 Å². The van der Waals surface area contributed by atoms with Gasteiger partial charge in [0.25, 0.3) is 5.92 Å². The van der Waals surface area contributed by atoms with E-state index in [-0.39, 0.29) is 12.0 Å². The zero-order valence-electron chi connectivity index (χ0n) is 7.40. The lowest BCUT2D eigenvalue weighted by Gasteiger charge is -2.26. The molecular formula is C10H11F2N. The molecule has 0 radical (unpaired) electrons. The second-order valence-corrected chi connectivity index (χ2v) is 3.43. The lowest BCUT2D eigenvalue weighted by Crippen LogP contribution is -2.25. The van der Waals surface area contributed by atoms with Gasteiger partial charge in [-0.25, -0.2) is 8.78 Å². The molecule has 0 fully saturated rings. The van der Waals surface area contributed by atoms with Gasteiger partial charge in [-0.3, -0.25) is 0 Å². The number of anilines is 1. The van der Waals surface area contributed by atoms with Crippen molar-refractivity contribution in [3.63, 3.8) is 0 Å². The van der Waals surface area contributed by atoms with Gasteiger partial charge in [0.05, 0.1) is 0 Å². The molecule has 0 spiro atoms. The summed E-state index contributed by atoms with van der Waals surface area (Å²) in [6, 6.07) is 5.12. The summed E-state index contributed by atoms with van der Waals surface area (Å²) >= 11 is 0. The summed E-state index contributed by atoms with van der Waals surface area (Å²) in [5.41, 5.74) is 1.59. The highest BCUT2D eigenvalue weighted by Gasteiger charge is 2.36. The van der Waals surface area contributed by atoms with E-state index in [4.69, 9.17) is 0 Å². The van der Waals surface area contributed by atoms with Crippen LogP contribution in [0.1, 0.15) is 17.5 Å². The molecule has 1 aromatic carbocycles. The van der Waals surface area contributed by atoms with Gasteiger partial charge < -0.3 is 5.32 Å². The Morgan fingerprint density at radius 3 is 2.92 bits per heavy atom. The number of hydrogen-bond donors (Lipinski definition) is 1. The topological polar surface area (TPSA) is 12.0 Å². The lowest BCUT2D eigenvalue weighted by atomic mass is 9.98. The quantitative estimate of drug-likeness (QED) is 0.652. The van der Waals surface area contributed by atoms with Gasteiger partial charge in [-0.1, -0.05) is 11.6 Å². The highest BCUT2D eigenvalue weighted by atomic mass is 19.3. The van der Waals surface area contributed by atoms with Crippen molar-refractivity contribution in [2.75, 3.05) is 11.9 Å². The van der Waals surface area contributed by atoms with Crippen LogP contribution in [0.25, 0.3) is 0 Å². The Balaban J connectivity index is 2.55. The van der Waals surface area contributed by atoms with E-state index in [1.54, 1.807) is 12.1 Å². The van der Waals surface area contributed by atoms with Crippen LogP contribution in [-0.2, 0) is 5.92 Å². The Morgan fingerprint density at radius 1 is 1.38 bits per heavy atom. The predicted octanol–water partition coefficient (Wildman–Crippen LogP) is 2.90. The van der Waals surface area contributed by atoms with E-state index in [0.29, 0.717) is 12.2 Å². The van der Waals surface area contributed by atoms with Gasteiger partial charge >= 0.3 is 0 Å². The molecule has 2 rings (SSSR count). The first-order chi connectivity index (χ1) is 6.09. The number of fused-ring (bicyclic) bond motifs is 1. The van der Waals surface area contributed by atoms with Crippen LogP contribution in [0.5, 0.6) is 0 Å². The fraction of sp³-hybridized carbons (Fsp3) is 0.400. The Kier molecular flexibility index (Phi) is 1.75. The molecule has 1 N–H and O–H groups in total. The van der Waals surface area contributed by atoms with Gasteiger partial charge in [0.2, 0.25) is 0 Å². The molecular weight excluding hydrogens is 172 g/mol. The van der Waals surface area contributed by atoms with Crippen molar-refractivity contribution in [3.8, 4) is 0 Å². The van der Waals surface area contributed by atoms with Crippen molar-refractivity contribution in [2.45, 2.75) is 19.3 Å². The maximum atomic E-state index is 13.3. The van der Waals surface area contributed by atoms with Crippen molar-refractivity contribution in [2.24, 2.45) is 0 Å². The van der Waals surface area contributed by atoms with E-state index < -0.39 is 5.92 Å². The van der Waals surface area contributed by atoms with Crippen LogP contribution < -0.4 is 5.32 Å². The van der Waals surface area contributed by atoms with Gasteiger partial charge in [-0.2, -0.15) is 0 Å². The number of hydrogen-bond acceptors (Lipinski definition) is 1. The van der Waals surface area contributed by atoms with Crippen molar-refractivity contribution < 1.29 is 8.78 Å². The van der Waals surface area contributed by atoms with Gasteiger partial charge in [0, 0.05) is 24.2 Å². The number of benzene rings is 1. The van der Waals surface area contributed by atoms with Crippen LogP contribution in [0, 0.1) is 6.92 Å². The van der Waals surface area contributed by atoms with E-state index in [1.807, 2.05) is 13.0 Å². The van der Waals surface area contributed by atoms with Crippen molar-refractivity contribution in [1.82, 2.24) is 0 Å². The molecule has 13 heavy (non-hydrogen) atoms. The minimum atomic E-state index is -2.66. The molecule has 1 nitrogen and oxygen atoms in total. The molecule has 1 aliphatic heterocycles. The largest absolute Gasteiger partial charge is 0.384 e. The summed E-state index contributed by atoms with van der Waals surface area (Å²) in [7, 11) is 0. The number of halogens is 2. The molecule has 1 heterocycles. The SMILES string of the molecule is Cc1ccc2c(c1)C(F)(F)CCN2. The average molecular weight is 183 g/mol. The van der Waals surface area contributed by atoms with Crippen LogP contribution in [0.2, 0.25) is 0 Å². The first-order valence-corrected chi connectivity index (χ1v) is 4.32. The minimum absolute atomic E-state index is 0.108. The van der Waals surface area contributed by atoms with E-state index in [1.165, 1.54) is 0 Å². The van der Waals surface area contributed by atoms with Crippen molar-refractivity contribution in [3.05, 3.63) is 29.3 Å². The molecule has 0 saturated carbocycles. The molecule has 0 bridgehead atoms. The number of alkyl halides is 2. The summed E-state index contributed by atoms with van der Waals surface area (Å²) < 4.78 is 26.7. The first-order valence-electron chi connectivity index (χ1n) is 4.32. The zero-order valence-corrected chi connectivity index (χ0v) is 7.40. The van der Waals surface area contributed by atoms with E-state index in [9.17, 15) is 8.78 Å². The van der Waals surface area contributed by atoms with Gasteiger partial charge in [-0.05, 0) is 19.1 Å². The fourth-order valence-corrected chi connectivity index (χ4v) is 1.60. The summed E-state index contributed by atoms with van der Waals surface area (Å²) in [5.74, 6) is -2.66. The summed E-state index contributed by atoms with van der Waals surface area (Å²) in [5, 5.41) is 2.97. The third kappa shape index (κ3) is 1.39. The number of aryl methyl sites for hydroxylation is 1. The summed E-state index contributed by atoms with van der Waals surface area (Å²) in [4.78, 5) is 0. The number of nitrogens with one attached hydrogen (secondary N) is 1. The smallest absolute Gasteiger partial charge is 0.276 e. The average Bonchev–Trinajstić information content (AvgIpc) is 2.06. The third-order valence-electron chi connectivity index (χ3n) is 2.32. The van der Waals surface area contributed by atoms with Gasteiger partial charge in [0.15, 0.2) is 0 Å². The third-order valence-corrected chi connectivity index (χ3v) is 2.32. The minimum Gasteiger partial charge on any atom is -0.384 e. The van der Waals surface area contributed by atoms with Crippen molar-refractivity contribution in [1.29, 1.82) is 0 Å². The fourth-order valence-electron chi connectivity index (χ4n) is 1.60. The molecule has 0 aliphatic carbocycles. The van der Waals surface area contributed by atoms with Crippen LogP contribution in [0.3, 0.4) is 0 Å². The molecule has 0 unspecified atom stereocenters. The molecule has 0 saturated heterocycles. The normalized spacial score (nSPS) is 19.0. The Bertz CT molecular complexity index is 334. The second kappa shape index (κ2) is 2.69. The Labute approximate surface area is 75.8 Å². The van der Waals surface area contributed by atoms with Crippen LogP contribution in [-0.4, -0.2) is 6.54 Å². The predicted molar refractivity (Wildman–Crippen MR) is 48.2 cm³/mol. The van der Waals surface area contributed by atoms with Gasteiger partial charge in [0.1, 0.15) is 0 Å². The van der Waals surface area contributed by atoms with E-state index >= 15 is 0 Å². The Hall–Kier alpha value is -1.12. The highest BCUT2D eigenvalue weighted by Crippen LogP contribution is 2.39. The van der Waals surface area contributed by atoms with Crippen LogP contribution >= 0.6 is 0 Å². The first kappa shape index (κ1) is 8.48. The molecule has 3 heteroatoms. The monoisotopic (exact) mass is 183 g/mol. The van der Waals surface area contributed by atoms with E-state index in [0.717, 1.165) is 5.56 Å². The molecule has 1 aromatic rings. The number of rotatable bonds is 0. The molecule has 1 aliphatic rings. The highest BCUT2D eigenvalue weighted by molar-refractivity contribution is 5.56. The van der Waals surface area contributed by atoms with E-state index in [2.05, 4.69) is 5.32 Å². The standard InChI is InChI=1S/C10H11F2N/c1-7-2-3-9-8(6-7)10(11,12)4-5-13-9/h2-3,6,13H,4-5H2,1H3. The maximum absolute atomic E-state index is 13.3. The zero-order chi connectivity index (χ0) is 9.47. The maximum Gasteiger partial charge on any atom is 0.276 e. The molecule has 0 amide bonds. The van der Waals surface area contributed by atoms with Gasteiger partial charge in [-0.15, -0.1) is 0 Å². The lowest BCUT2D eigenvalue weighted by molar-refractivity contribution is -0.0123.